The molecule has 0 atom stereocenters. The molecule has 1 aromatic heterocycles. The highest BCUT2D eigenvalue weighted by atomic mass is 35.5. The van der Waals surface area contributed by atoms with Crippen molar-refractivity contribution in [1.82, 2.24) is 4.98 Å². The zero-order chi connectivity index (χ0) is 7.40. The van der Waals surface area contributed by atoms with Gasteiger partial charge in [0.1, 0.15) is 0 Å². The number of rotatable bonds is 2. The molecule has 0 radical (unpaired) electrons. The number of pyridine rings is 1. The molecule has 0 saturated carbocycles. The molecular formula is C7H7Cl2N. The van der Waals surface area contributed by atoms with Gasteiger partial charge in [-0.05, 0) is 12.1 Å². The summed E-state index contributed by atoms with van der Waals surface area (Å²) in [6, 6.07) is 3.70. The Balaban J connectivity index is 2.69. The second kappa shape index (κ2) is 3.79. The van der Waals surface area contributed by atoms with Gasteiger partial charge in [-0.25, -0.2) is 0 Å². The lowest BCUT2D eigenvalue weighted by Crippen LogP contribution is -1.88. The zero-order valence-corrected chi connectivity index (χ0v) is 6.86. The Hall–Kier alpha value is -0.270. The van der Waals surface area contributed by atoms with Gasteiger partial charge in [0.15, 0.2) is 0 Å². The molecule has 0 fully saturated rings. The van der Waals surface area contributed by atoms with Gasteiger partial charge in [-0.2, -0.15) is 0 Å². The van der Waals surface area contributed by atoms with Gasteiger partial charge >= 0.3 is 0 Å². The van der Waals surface area contributed by atoms with Crippen molar-refractivity contribution in [1.29, 1.82) is 0 Å². The minimum atomic E-state index is 0.606. The third-order valence-electron chi connectivity index (χ3n) is 1.14. The summed E-state index contributed by atoms with van der Waals surface area (Å²) < 4.78 is 0. The first-order chi connectivity index (χ1) is 4.83. The number of halogens is 2. The van der Waals surface area contributed by atoms with Crippen molar-refractivity contribution in [3.63, 3.8) is 0 Å². The van der Waals surface area contributed by atoms with Crippen LogP contribution in [0.3, 0.4) is 0 Å². The van der Waals surface area contributed by atoms with E-state index in [0.29, 0.717) is 10.9 Å². The number of hydrogen-bond acceptors (Lipinski definition) is 1. The quantitative estimate of drug-likeness (QED) is 0.631. The number of hydrogen-bond donors (Lipinski definition) is 0. The van der Waals surface area contributed by atoms with Crippen molar-refractivity contribution in [2.45, 2.75) is 6.42 Å². The molecule has 1 heterocycles. The van der Waals surface area contributed by atoms with Crippen molar-refractivity contribution >= 4 is 23.2 Å². The maximum atomic E-state index is 5.62. The predicted molar refractivity (Wildman–Crippen MR) is 43.7 cm³/mol. The highest BCUT2D eigenvalue weighted by Crippen LogP contribution is 2.06. The molecule has 0 spiro atoms. The van der Waals surface area contributed by atoms with Crippen molar-refractivity contribution < 1.29 is 0 Å². The minimum absolute atomic E-state index is 0.606. The molecule has 0 unspecified atom stereocenters. The molecule has 10 heavy (non-hydrogen) atoms. The summed E-state index contributed by atoms with van der Waals surface area (Å²) >= 11 is 11.1. The van der Waals surface area contributed by atoms with E-state index in [1.807, 2.05) is 12.1 Å². The molecule has 0 amide bonds. The van der Waals surface area contributed by atoms with E-state index in [0.717, 1.165) is 12.1 Å². The Kier molecular flexibility index (Phi) is 2.97. The molecule has 0 N–H and O–H groups in total. The van der Waals surface area contributed by atoms with E-state index in [1.165, 1.54) is 0 Å². The number of nitrogens with zero attached hydrogens (tertiary/aromatic N) is 1. The van der Waals surface area contributed by atoms with Crippen LogP contribution in [-0.4, -0.2) is 10.9 Å². The number of aryl methyl sites for hydroxylation is 1. The lowest BCUT2D eigenvalue weighted by atomic mass is 10.3. The lowest BCUT2D eigenvalue weighted by Gasteiger charge is -1.94. The van der Waals surface area contributed by atoms with E-state index in [9.17, 15) is 0 Å². The van der Waals surface area contributed by atoms with Gasteiger partial charge in [-0.3, -0.25) is 4.98 Å². The van der Waals surface area contributed by atoms with Gasteiger partial charge in [0.05, 0.1) is 5.02 Å². The largest absolute Gasteiger partial charge is 0.260 e. The third-order valence-corrected chi connectivity index (χ3v) is 1.55. The van der Waals surface area contributed by atoms with Crippen LogP contribution in [0.5, 0.6) is 0 Å². The van der Waals surface area contributed by atoms with E-state index in [4.69, 9.17) is 23.2 Å². The number of aromatic nitrogens is 1. The average Bonchev–Trinajstić information content (AvgIpc) is 1.95. The topological polar surface area (TPSA) is 12.9 Å². The number of alkyl halides is 1. The van der Waals surface area contributed by atoms with Gasteiger partial charge in [0, 0.05) is 24.2 Å². The lowest BCUT2D eigenvalue weighted by molar-refractivity contribution is 1.04. The van der Waals surface area contributed by atoms with Gasteiger partial charge in [-0.1, -0.05) is 11.6 Å². The van der Waals surface area contributed by atoms with E-state index in [-0.39, 0.29) is 0 Å². The Morgan fingerprint density at radius 2 is 2.20 bits per heavy atom. The first-order valence-electron chi connectivity index (χ1n) is 2.99. The molecule has 1 nitrogen and oxygen atoms in total. The van der Waals surface area contributed by atoms with Crippen LogP contribution in [0.1, 0.15) is 5.69 Å². The fourth-order valence-corrected chi connectivity index (χ4v) is 0.957. The van der Waals surface area contributed by atoms with Gasteiger partial charge in [-0.15, -0.1) is 11.6 Å². The summed E-state index contributed by atoms with van der Waals surface area (Å²) in [7, 11) is 0. The van der Waals surface area contributed by atoms with Crippen LogP contribution >= 0.6 is 23.2 Å². The summed E-state index contributed by atoms with van der Waals surface area (Å²) in [6.07, 6.45) is 2.43. The molecule has 0 aliphatic carbocycles. The first-order valence-corrected chi connectivity index (χ1v) is 3.90. The molecular weight excluding hydrogens is 169 g/mol. The fraction of sp³-hybridized carbons (Fsp3) is 0.286. The van der Waals surface area contributed by atoms with E-state index in [1.54, 1.807) is 6.20 Å². The molecule has 0 bridgehead atoms. The molecule has 3 heteroatoms. The Labute approximate surface area is 70.0 Å². The van der Waals surface area contributed by atoms with Gasteiger partial charge in [0.25, 0.3) is 0 Å². The van der Waals surface area contributed by atoms with Crippen molar-refractivity contribution in [2.24, 2.45) is 0 Å². The fourth-order valence-electron chi connectivity index (χ4n) is 0.651. The van der Waals surface area contributed by atoms with Crippen LogP contribution in [0.15, 0.2) is 18.3 Å². The van der Waals surface area contributed by atoms with E-state index in [2.05, 4.69) is 4.98 Å². The molecule has 1 aromatic rings. The maximum absolute atomic E-state index is 5.62. The second-order valence-electron chi connectivity index (χ2n) is 1.91. The molecule has 0 saturated heterocycles. The standard InChI is InChI=1S/C7H7Cl2N/c8-4-3-7-2-1-6(9)5-10-7/h1-2,5H,3-4H2. The van der Waals surface area contributed by atoms with Crippen molar-refractivity contribution in [3.05, 3.63) is 29.0 Å². The maximum Gasteiger partial charge on any atom is 0.0589 e. The summed E-state index contributed by atoms with van der Waals surface area (Å²) in [5.41, 5.74) is 0.986. The van der Waals surface area contributed by atoms with Crippen molar-refractivity contribution in [3.8, 4) is 0 Å². The second-order valence-corrected chi connectivity index (χ2v) is 2.72. The van der Waals surface area contributed by atoms with Crippen LogP contribution < -0.4 is 0 Å². The minimum Gasteiger partial charge on any atom is -0.260 e. The molecule has 1 rings (SSSR count). The summed E-state index contributed by atoms with van der Waals surface area (Å²) in [5.74, 6) is 0.606. The molecule has 0 aliphatic rings. The molecule has 0 aromatic carbocycles. The smallest absolute Gasteiger partial charge is 0.0589 e. The monoisotopic (exact) mass is 175 g/mol. The van der Waals surface area contributed by atoms with Crippen LogP contribution in [0, 0.1) is 0 Å². The Morgan fingerprint density at radius 1 is 1.40 bits per heavy atom. The van der Waals surface area contributed by atoms with Gasteiger partial charge < -0.3 is 0 Å². The normalized spacial score (nSPS) is 9.80. The Morgan fingerprint density at radius 3 is 2.70 bits per heavy atom. The van der Waals surface area contributed by atoms with E-state index < -0.39 is 0 Å². The van der Waals surface area contributed by atoms with Crippen LogP contribution in [0.4, 0.5) is 0 Å². The third kappa shape index (κ3) is 2.16. The van der Waals surface area contributed by atoms with E-state index >= 15 is 0 Å². The highest BCUT2D eigenvalue weighted by molar-refractivity contribution is 6.30. The predicted octanol–water partition coefficient (Wildman–Crippen LogP) is 2.52. The van der Waals surface area contributed by atoms with Crippen LogP contribution in [-0.2, 0) is 6.42 Å². The average molecular weight is 176 g/mol. The van der Waals surface area contributed by atoms with Crippen LogP contribution in [0.25, 0.3) is 0 Å². The molecule has 0 aliphatic heterocycles. The Bertz CT molecular complexity index is 195. The SMILES string of the molecule is ClCCc1ccc(Cl)cn1. The molecule has 54 valence electrons. The van der Waals surface area contributed by atoms with Crippen LogP contribution in [0.2, 0.25) is 5.02 Å². The van der Waals surface area contributed by atoms with Crippen molar-refractivity contribution in [2.75, 3.05) is 5.88 Å². The summed E-state index contributed by atoms with van der Waals surface area (Å²) in [5, 5.41) is 0.665. The summed E-state index contributed by atoms with van der Waals surface area (Å²) in [4.78, 5) is 4.05. The zero-order valence-electron chi connectivity index (χ0n) is 5.35. The van der Waals surface area contributed by atoms with Gasteiger partial charge in [0.2, 0.25) is 0 Å². The first kappa shape index (κ1) is 7.83. The summed E-state index contributed by atoms with van der Waals surface area (Å²) in [6.45, 7) is 0. The highest BCUT2D eigenvalue weighted by Gasteiger charge is 1.91.